The van der Waals surface area contributed by atoms with Crippen molar-refractivity contribution < 1.29 is 42.1 Å². The summed E-state index contributed by atoms with van der Waals surface area (Å²) in [5, 5.41) is 10.5. The molecule has 2 fully saturated rings. The number of halogens is 4. The molecule has 0 radical (unpaired) electrons. The summed E-state index contributed by atoms with van der Waals surface area (Å²) in [6.45, 7) is 5.61. The van der Waals surface area contributed by atoms with Crippen molar-refractivity contribution in [3.05, 3.63) is 57.7 Å². The van der Waals surface area contributed by atoms with Crippen molar-refractivity contribution in [3.63, 3.8) is 0 Å². The summed E-state index contributed by atoms with van der Waals surface area (Å²) in [6.07, 6.45) is -4.50. The van der Waals surface area contributed by atoms with E-state index in [-0.39, 0.29) is 18.1 Å². The SMILES string of the molecule is COc1ncc(C(F)(F)F)cc1COC1C(c2cccc(Br)c2)N(C(=O)[C@@H]2CCCO2)C(C(=O)O)C1C(C)(C)C. The zero-order valence-electron chi connectivity index (χ0n) is 22.6. The zero-order chi connectivity index (χ0) is 29.4. The molecule has 1 aromatic heterocycles. The van der Waals surface area contributed by atoms with Gasteiger partial charge in [-0.2, -0.15) is 13.2 Å². The largest absolute Gasteiger partial charge is 0.481 e. The number of carbonyl (C=O) groups is 2. The van der Waals surface area contributed by atoms with Crippen LogP contribution in [-0.4, -0.2) is 58.8 Å². The second-order valence-corrected chi connectivity index (χ2v) is 12.0. The molecule has 3 heterocycles. The molecular weight excluding hydrogens is 597 g/mol. The number of likely N-dealkylation sites (tertiary alicyclic amines) is 1. The molecule has 40 heavy (non-hydrogen) atoms. The minimum Gasteiger partial charge on any atom is -0.481 e. The number of aliphatic carboxylic acids is 1. The predicted molar refractivity (Wildman–Crippen MR) is 141 cm³/mol. The van der Waals surface area contributed by atoms with E-state index in [0.29, 0.717) is 35.7 Å². The van der Waals surface area contributed by atoms with Gasteiger partial charge in [0.05, 0.1) is 31.4 Å². The topological polar surface area (TPSA) is 98.2 Å². The summed E-state index contributed by atoms with van der Waals surface area (Å²) < 4.78 is 58.3. The molecule has 0 spiro atoms. The van der Waals surface area contributed by atoms with Crippen LogP contribution < -0.4 is 4.74 Å². The van der Waals surface area contributed by atoms with Gasteiger partial charge in [-0.15, -0.1) is 0 Å². The lowest BCUT2D eigenvalue weighted by atomic mass is 9.73. The highest BCUT2D eigenvalue weighted by atomic mass is 79.9. The molecule has 218 valence electrons. The van der Waals surface area contributed by atoms with Crippen LogP contribution in [0.2, 0.25) is 0 Å². The summed E-state index contributed by atoms with van der Waals surface area (Å²) in [4.78, 5) is 31.9. The lowest BCUT2D eigenvalue weighted by Crippen LogP contribution is -2.50. The van der Waals surface area contributed by atoms with Gasteiger partial charge >= 0.3 is 12.1 Å². The molecule has 4 rings (SSSR count). The van der Waals surface area contributed by atoms with Crippen molar-refractivity contribution in [3.8, 4) is 5.88 Å². The summed E-state index contributed by atoms with van der Waals surface area (Å²) in [7, 11) is 1.29. The first kappa shape index (κ1) is 30.3. The monoisotopic (exact) mass is 628 g/mol. The lowest BCUT2D eigenvalue weighted by Gasteiger charge is -2.35. The van der Waals surface area contributed by atoms with E-state index in [1.165, 1.54) is 12.0 Å². The second kappa shape index (κ2) is 11.7. The fraction of sp³-hybridized carbons (Fsp3) is 0.536. The number of carboxylic acid groups (broad SMARTS) is 1. The summed E-state index contributed by atoms with van der Waals surface area (Å²) in [5.74, 6) is -2.42. The average Bonchev–Trinajstić information content (AvgIpc) is 3.53. The molecule has 4 unspecified atom stereocenters. The number of carbonyl (C=O) groups excluding carboxylic acids is 1. The number of ether oxygens (including phenoxy) is 3. The van der Waals surface area contributed by atoms with E-state index >= 15 is 0 Å². The van der Waals surface area contributed by atoms with Gasteiger partial charge in [0.25, 0.3) is 5.91 Å². The Labute approximate surface area is 238 Å². The molecule has 5 atom stereocenters. The average molecular weight is 629 g/mol. The third kappa shape index (κ3) is 6.13. The molecular formula is C28H32BrF3N2O6. The highest BCUT2D eigenvalue weighted by molar-refractivity contribution is 9.10. The molecule has 2 aliphatic rings. The number of hydrogen-bond donors (Lipinski definition) is 1. The normalized spacial score (nSPS) is 25.3. The molecule has 12 heteroatoms. The number of benzene rings is 1. The van der Waals surface area contributed by atoms with Crippen LogP contribution >= 0.6 is 15.9 Å². The van der Waals surface area contributed by atoms with Crippen molar-refractivity contribution in [1.82, 2.24) is 9.88 Å². The van der Waals surface area contributed by atoms with Crippen LogP contribution in [0.15, 0.2) is 41.0 Å². The van der Waals surface area contributed by atoms with Crippen LogP contribution in [0.5, 0.6) is 5.88 Å². The van der Waals surface area contributed by atoms with Crippen molar-refractivity contribution >= 4 is 27.8 Å². The van der Waals surface area contributed by atoms with Gasteiger partial charge in [0.15, 0.2) is 0 Å². The van der Waals surface area contributed by atoms with E-state index in [0.717, 1.165) is 6.07 Å². The third-order valence-corrected chi connectivity index (χ3v) is 7.88. The minimum atomic E-state index is -4.63. The van der Waals surface area contributed by atoms with E-state index in [2.05, 4.69) is 20.9 Å². The van der Waals surface area contributed by atoms with Gasteiger partial charge in [0, 0.05) is 28.8 Å². The number of pyridine rings is 1. The van der Waals surface area contributed by atoms with E-state index in [4.69, 9.17) is 14.2 Å². The van der Waals surface area contributed by atoms with E-state index < -0.39 is 59.2 Å². The maximum absolute atomic E-state index is 13.9. The Balaban J connectivity index is 1.83. The molecule has 0 bridgehead atoms. The highest BCUT2D eigenvalue weighted by Crippen LogP contribution is 2.50. The van der Waals surface area contributed by atoms with Crippen LogP contribution in [0, 0.1) is 11.3 Å². The van der Waals surface area contributed by atoms with Crippen LogP contribution in [0.3, 0.4) is 0 Å². The molecule has 8 nitrogen and oxygen atoms in total. The summed E-state index contributed by atoms with van der Waals surface area (Å²) in [5.41, 5.74) is -0.973. The molecule has 2 aromatic rings. The Morgan fingerprint density at radius 1 is 1.23 bits per heavy atom. The second-order valence-electron chi connectivity index (χ2n) is 11.1. The number of nitrogens with zero attached hydrogens (tertiary/aromatic N) is 2. The van der Waals surface area contributed by atoms with Gasteiger partial charge < -0.3 is 24.2 Å². The van der Waals surface area contributed by atoms with Gasteiger partial charge in [-0.05, 0) is 42.0 Å². The smallest absolute Gasteiger partial charge is 0.417 e. The molecule has 2 saturated heterocycles. The molecule has 2 aliphatic heterocycles. The number of alkyl halides is 3. The third-order valence-electron chi connectivity index (χ3n) is 7.38. The van der Waals surface area contributed by atoms with Gasteiger partial charge in [0.1, 0.15) is 12.1 Å². The number of aromatic nitrogens is 1. The summed E-state index contributed by atoms with van der Waals surface area (Å²) in [6, 6.07) is 5.91. The zero-order valence-corrected chi connectivity index (χ0v) is 24.2. The van der Waals surface area contributed by atoms with Crippen molar-refractivity contribution in [2.24, 2.45) is 11.3 Å². The maximum atomic E-state index is 13.9. The predicted octanol–water partition coefficient (Wildman–Crippen LogP) is 5.63. The van der Waals surface area contributed by atoms with Gasteiger partial charge in [-0.1, -0.05) is 48.8 Å². The molecule has 0 saturated carbocycles. The van der Waals surface area contributed by atoms with Crippen LogP contribution in [0.25, 0.3) is 0 Å². The van der Waals surface area contributed by atoms with Crippen LogP contribution in [0.4, 0.5) is 13.2 Å². The van der Waals surface area contributed by atoms with Crippen LogP contribution in [0.1, 0.15) is 56.3 Å². The number of rotatable bonds is 7. The Kier molecular flexibility index (Phi) is 8.82. The standard InChI is InChI=1S/C28H32BrF3N2O6/c1-27(2,3)20-22(26(36)37)34(25(35)19-9-6-10-39-19)21(15-7-5-8-18(29)12-15)23(20)40-14-16-11-17(28(30,31)32)13-33-24(16)38-4/h5,7-8,11-13,19-23H,6,9-10,14H2,1-4H3,(H,36,37)/t19-,20?,21?,22?,23?/m0/s1. The van der Waals surface area contributed by atoms with Crippen LogP contribution in [-0.2, 0) is 31.8 Å². The number of amides is 1. The fourth-order valence-electron chi connectivity index (χ4n) is 5.69. The van der Waals surface area contributed by atoms with Crippen molar-refractivity contribution in [2.75, 3.05) is 13.7 Å². The Bertz CT molecular complexity index is 1250. The Hall–Kier alpha value is -2.70. The summed E-state index contributed by atoms with van der Waals surface area (Å²) >= 11 is 3.46. The maximum Gasteiger partial charge on any atom is 0.417 e. The van der Waals surface area contributed by atoms with Gasteiger partial charge in [-0.25, -0.2) is 9.78 Å². The Morgan fingerprint density at radius 2 is 1.95 bits per heavy atom. The van der Waals surface area contributed by atoms with Crippen molar-refractivity contribution in [1.29, 1.82) is 0 Å². The van der Waals surface area contributed by atoms with E-state index in [1.807, 2.05) is 20.8 Å². The first-order chi connectivity index (χ1) is 18.7. The molecule has 1 aromatic carbocycles. The number of hydrogen-bond acceptors (Lipinski definition) is 6. The van der Waals surface area contributed by atoms with Crippen molar-refractivity contribution in [2.45, 2.75) is 70.7 Å². The molecule has 1 amide bonds. The van der Waals surface area contributed by atoms with E-state index in [1.54, 1.807) is 24.3 Å². The number of methoxy groups -OCH3 is 1. The lowest BCUT2D eigenvalue weighted by molar-refractivity contribution is -0.156. The molecule has 1 N–H and O–H groups in total. The Morgan fingerprint density at radius 3 is 2.50 bits per heavy atom. The van der Waals surface area contributed by atoms with Gasteiger partial charge in [0.2, 0.25) is 5.88 Å². The minimum absolute atomic E-state index is 0.0422. The van der Waals surface area contributed by atoms with E-state index in [9.17, 15) is 27.9 Å². The van der Waals surface area contributed by atoms with Gasteiger partial charge in [-0.3, -0.25) is 4.79 Å². The molecule has 0 aliphatic carbocycles. The quantitative estimate of drug-likeness (QED) is 0.424. The highest BCUT2D eigenvalue weighted by Gasteiger charge is 2.59. The first-order valence-corrected chi connectivity index (χ1v) is 13.7. The fourth-order valence-corrected chi connectivity index (χ4v) is 6.11. The first-order valence-electron chi connectivity index (χ1n) is 12.9. The number of carboxylic acids is 1.